The predicted molar refractivity (Wildman–Crippen MR) is 88.3 cm³/mol. The molecule has 1 aromatic rings. The Morgan fingerprint density at radius 2 is 1.64 bits per heavy atom. The molecule has 1 aromatic heterocycles. The number of hydrogen-bond donors (Lipinski definition) is 0. The largest absolute Gasteiger partial charge is 0.433 e. The smallest absolute Gasteiger partial charge is 0.302 e. The van der Waals surface area contributed by atoms with Gasteiger partial charge in [-0.15, -0.1) is 0 Å². The molecule has 0 amide bonds. The number of alkyl halides is 3. The molecule has 2 saturated heterocycles. The minimum absolute atomic E-state index is 0.319. The fourth-order valence-electron chi connectivity index (χ4n) is 3.68. The first-order chi connectivity index (χ1) is 11.9. The fraction of sp³-hybridized carbons (Fsp3) is 0.765. The molecule has 3 heterocycles. The van der Waals surface area contributed by atoms with Crippen LogP contribution >= 0.6 is 0 Å². The van der Waals surface area contributed by atoms with Crippen LogP contribution < -0.4 is 5.56 Å². The van der Waals surface area contributed by atoms with E-state index in [4.69, 9.17) is 0 Å². The SMILES string of the molecule is O=c1cc(C(F)(F)F)ncn1CC1CCN(CCN2CCCC2)CC1. The van der Waals surface area contributed by atoms with Gasteiger partial charge in [0.05, 0.1) is 6.33 Å². The maximum Gasteiger partial charge on any atom is 0.433 e. The summed E-state index contributed by atoms with van der Waals surface area (Å²) >= 11 is 0. The average Bonchev–Trinajstić information content (AvgIpc) is 3.08. The summed E-state index contributed by atoms with van der Waals surface area (Å²) in [7, 11) is 0. The molecule has 140 valence electrons. The van der Waals surface area contributed by atoms with Gasteiger partial charge in [-0.05, 0) is 57.8 Å². The van der Waals surface area contributed by atoms with Gasteiger partial charge in [-0.1, -0.05) is 0 Å². The molecule has 0 aliphatic carbocycles. The summed E-state index contributed by atoms with van der Waals surface area (Å²) in [5.41, 5.74) is -1.75. The maximum absolute atomic E-state index is 12.6. The monoisotopic (exact) mass is 358 g/mol. The lowest BCUT2D eigenvalue weighted by Crippen LogP contribution is -2.40. The lowest BCUT2D eigenvalue weighted by Gasteiger charge is -2.33. The second kappa shape index (κ2) is 7.86. The quantitative estimate of drug-likeness (QED) is 0.808. The van der Waals surface area contributed by atoms with Crippen molar-refractivity contribution < 1.29 is 13.2 Å². The van der Waals surface area contributed by atoms with Crippen molar-refractivity contribution >= 4 is 0 Å². The number of nitrogens with zero attached hydrogens (tertiary/aromatic N) is 4. The molecule has 0 N–H and O–H groups in total. The summed E-state index contributed by atoms with van der Waals surface area (Å²) in [6.45, 7) is 7.04. The Bertz CT molecular complexity index is 617. The van der Waals surface area contributed by atoms with Gasteiger partial charge in [0.1, 0.15) is 0 Å². The van der Waals surface area contributed by atoms with Crippen molar-refractivity contribution in [1.29, 1.82) is 0 Å². The highest BCUT2D eigenvalue weighted by atomic mass is 19.4. The Morgan fingerprint density at radius 1 is 1.04 bits per heavy atom. The van der Waals surface area contributed by atoms with E-state index in [2.05, 4.69) is 14.8 Å². The van der Waals surface area contributed by atoms with Crippen molar-refractivity contribution in [1.82, 2.24) is 19.4 Å². The third kappa shape index (κ3) is 5.04. The molecule has 5 nitrogen and oxygen atoms in total. The van der Waals surface area contributed by atoms with Crippen molar-refractivity contribution in [3.05, 3.63) is 28.4 Å². The summed E-state index contributed by atoms with van der Waals surface area (Å²) in [5.74, 6) is 0.319. The normalized spacial score (nSPS) is 21.1. The van der Waals surface area contributed by atoms with E-state index in [1.54, 1.807) is 0 Å². The van der Waals surface area contributed by atoms with Crippen LogP contribution in [0.15, 0.2) is 17.2 Å². The summed E-state index contributed by atoms with van der Waals surface area (Å²) in [6.07, 6.45) is 1.00. The van der Waals surface area contributed by atoms with Crippen LogP contribution in [-0.2, 0) is 12.7 Å². The van der Waals surface area contributed by atoms with Gasteiger partial charge in [0.15, 0.2) is 5.69 Å². The van der Waals surface area contributed by atoms with Crippen molar-refractivity contribution in [2.75, 3.05) is 39.3 Å². The highest BCUT2D eigenvalue weighted by molar-refractivity contribution is 5.03. The average molecular weight is 358 g/mol. The van der Waals surface area contributed by atoms with Crippen LogP contribution in [0.3, 0.4) is 0 Å². The molecule has 2 aliphatic rings. The first-order valence-corrected chi connectivity index (χ1v) is 9.00. The standard InChI is InChI=1S/C17H25F3N4O/c18-17(19,20)15-11-16(25)24(13-21-15)12-14-3-7-23(8-4-14)10-9-22-5-1-2-6-22/h11,13-14H,1-10,12H2. The molecule has 3 rings (SSSR count). The zero-order chi connectivity index (χ0) is 17.9. The van der Waals surface area contributed by atoms with E-state index in [1.165, 1.54) is 30.5 Å². The Kier molecular flexibility index (Phi) is 5.78. The minimum Gasteiger partial charge on any atom is -0.302 e. The Hall–Kier alpha value is -1.41. The van der Waals surface area contributed by atoms with Gasteiger partial charge in [0.25, 0.3) is 5.56 Å². The fourth-order valence-corrected chi connectivity index (χ4v) is 3.68. The van der Waals surface area contributed by atoms with E-state index in [1.807, 2.05) is 0 Å². The van der Waals surface area contributed by atoms with Crippen LogP contribution in [0.4, 0.5) is 13.2 Å². The van der Waals surface area contributed by atoms with Crippen LogP contribution in [0.5, 0.6) is 0 Å². The third-order valence-electron chi connectivity index (χ3n) is 5.26. The number of rotatable bonds is 5. The number of hydrogen-bond acceptors (Lipinski definition) is 4. The van der Waals surface area contributed by atoms with E-state index >= 15 is 0 Å². The molecule has 0 atom stereocenters. The van der Waals surface area contributed by atoms with Crippen LogP contribution in [0.1, 0.15) is 31.4 Å². The highest BCUT2D eigenvalue weighted by Crippen LogP contribution is 2.26. The van der Waals surface area contributed by atoms with E-state index < -0.39 is 17.4 Å². The molecular weight excluding hydrogens is 333 g/mol. The zero-order valence-electron chi connectivity index (χ0n) is 14.3. The van der Waals surface area contributed by atoms with E-state index in [9.17, 15) is 18.0 Å². The molecule has 0 aromatic carbocycles. The predicted octanol–water partition coefficient (Wildman–Crippen LogP) is 2.07. The van der Waals surface area contributed by atoms with Crippen LogP contribution in [0.2, 0.25) is 0 Å². The van der Waals surface area contributed by atoms with Crippen molar-refractivity contribution in [3.63, 3.8) is 0 Å². The van der Waals surface area contributed by atoms with Crippen molar-refractivity contribution in [3.8, 4) is 0 Å². The highest BCUT2D eigenvalue weighted by Gasteiger charge is 2.33. The first kappa shape index (κ1) is 18.4. The molecular formula is C17H25F3N4O. The van der Waals surface area contributed by atoms with Crippen molar-refractivity contribution in [2.24, 2.45) is 5.92 Å². The summed E-state index contributed by atoms with van der Waals surface area (Å²) in [5, 5.41) is 0. The lowest BCUT2D eigenvalue weighted by molar-refractivity contribution is -0.141. The Balaban J connectivity index is 1.46. The van der Waals surface area contributed by atoms with Gasteiger partial charge in [-0.2, -0.15) is 13.2 Å². The van der Waals surface area contributed by atoms with Gasteiger partial charge in [0, 0.05) is 25.7 Å². The molecule has 0 unspecified atom stereocenters. The Morgan fingerprint density at radius 3 is 2.20 bits per heavy atom. The molecule has 0 bridgehead atoms. The van der Waals surface area contributed by atoms with E-state index in [0.717, 1.165) is 45.3 Å². The minimum atomic E-state index is -4.57. The first-order valence-electron chi connectivity index (χ1n) is 9.00. The van der Waals surface area contributed by atoms with Crippen LogP contribution in [0.25, 0.3) is 0 Å². The molecule has 0 spiro atoms. The van der Waals surface area contributed by atoms with Crippen molar-refractivity contribution in [2.45, 2.75) is 38.4 Å². The third-order valence-corrected chi connectivity index (χ3v) is 5.26. The second-order valence-corrected chi connectivity index (χ2v) is 7.10. The van der Waals surface area contributed by atoms with Crippen LogP contribution in [-0.4, -0.2) is 58.6 Å². The molecule has 0 radical (unpaired) electrons. The number of likely N-dealkylation sites (tertiary alicyclic amines) is 2. The lowest BCUT2D eigenvalue weighted by atomic mass is 9.96. The number of halogens is 3. The van der Waals surface area contributed by atoms with Gasteiger partial charge in [0.2, 0.25) is 0 Å². The van der Waals surface area contributed by atoms with E-state index in [0.29, 0.717) is 18.5 Å². The summed E-state index contributed by atoms with van der Waals surface area (Å²) in [6, 6.07) is 0.588. The number of aromatic nitrogens is 2. The Labute approximate surface area is 145 Å². The molecule has 2 aliphatic heterocycles. The summed E-state index contributed by atoms with van der Waals surface area (Å²) in [4.78, 5) is 20.2. The molecule has 8 heteroatoms. The van der Waals surface area contributed by atoms with Gasteiger partial charge >= 0.3 is 6.18 Å². The molecule has 25 heavy (non-hydrogen) atoms. The maximum atomic E-state index is 12.6. The summed E-state index contributed by atoms with van der Waals surface area (Å²) < 4.78 is 39.0. The molecule has 2 fully saturated rings. The zero-order valence-corrected chi connectivity index (χ0v) is 14.3. The van der Waals surface area contributed by atoms with Gasteiger partial charge in [-0.3, -0.25) is 9.36 Å². The van der Waals surface area contributed by atoms with Gasteiger partial charge in [-0.25, -0.2) is 4.98 Å². The van der Waals surface area contributed by atoms with E-state index in [-0.39, 0.29) is 0 Å². The topological polar surface area (TPSA) is 41.4 Å². The van der Waals surface area contributed by atoms with Gasteiger partial charge < -0.3 is 9.80 Å². The molecule has 0 saturated carbocycles. The van der Waals surface area contributed by atoms with Crippen LogP contribution in [0, 0.1) is 5.92 Å². The number of piperidine rings is 1. The second-order valence-electron chi connectivity index (χ2n) is 7.10.